The molecule has 0 aliphatic carbocycles. The molecule has 0 radical (unpaired) electrons. The second kappa shape index (κ2) is 6.39. The van der Waals surface area contributed by atoms with Gasteiger partial charge in [-0.1, -0.05) is 0 Å². The lowest BCUT2D eigenvalue weighted by Gasteiger charge is -2.10. The number of thioether (sulfide) groups is 1. The molecule has 0 aromatic carbocycles. The Morgan fingerprint density at radius 2 is 2.05 bits per heavy atom. The Bertz CT molecular complexity index is 675. The molecular weight excluding hydrogens is 304 g/mol. The Morgan fingerprint density at radius 1 is 1.36 bits per heavy atom. The fourth-order valence-corrected chi connectivity index (χ4v) is 2.97. The maximum Gasteiger partial charge on any atom is 0.326 e. The number of amides is 2. The van der Waals surface area contributed by atoms with Crippen LogP contribution in [0.1, 0.15) is 23.9 Å². The summed E-state index contributed by atoms with van der Waals surface area (Å²) >= 11 is 0.842. The number of rotatable bonds is 4. The Labute approximate surface area is 133 Å². The van der Waals surface area contributed by atoms with E-state index in [0.717, 1.165) is 33.6 Å². The zero-order valence-corrected chi connectivity index (χ0v) is 13.8. The summed E-state index contributed by atoms with van der Waals surface area (Å²) in [6, 6.07) is 1.95. The molecule has 0 N–H and O–H groups in total. The Balaban J connectivity index is 2.22. The van der Waals surface area contributed by atoms with E-state index >= 15 is 0 Å². The van der Waals surface area contributed by atoms with E-state index in [1.165, 1.54) is 0 Å². The van der Waals surface area contributed by atoms with Gasteiger partial charge in [0.05, 0.1) is 11.5 Å². The maximum atomic E-state index is 12.3. The van der Waals surface area contributed by atoms with E-state index in [9.17, 15) is 14.4 Å². The van der Waals surface area contributed by atoms with Gasteiger partial charge in [-0.3, -0.25) is 19.3 Å². The van der Waals surface area contributed by atoms with Crippen LogP contribution in [-0.4, -0.2) is 39.7 Å². The average Bonchev–Trinajstić information content (AvgIpc) is 2.85. The van der Waals surface area contributed by atoms with Gasteiger partial charge >= 0.3 is 5.97 Å². The minimum absolute atomic E-state index is 0.216. The molecule has 1 aromatic heterocycles. The maximum absolute atomic E-state index is 12.3. The van der Waals surface area contributed by atoms with Crippen LogP contribution < -0.4 is 0 Å². The first kappa shape index (κ1) is 16.4. The molecule has 2 rings (SSSR count). The second-order valence-corrected chi connectivity index (χ2v) is 5.95. The van der Waals surface area contributed by atoms with Crippen LogP contribution in [0.2, 0.25) is 0 Å². The number of nitrogens with zero attached hydrogens (tertiary/aromatic N) is 2. The van der Waals surface area contributed by atoms with E-state index in [0.29, 0.717) is 4.91 Å². The Hall–Kier alpha value is -2.02. The van der Waals surface area contributed by atoms with E-state index < -0.39 is 17.1 Å². The van der Waals surface area contributed by atoms with Gasteiger partial charge in [0.25, 0.3) is 11.1 Å². The summed E-state index contributed by atoms with van der Waals surface area (Å²) in [4.78, 5) is 36.9. The highest BCUT2D eigenvalue weighted by Crippen LogP contribution is 2.33. The number of carbonyl (C=O) groups is 3. The molecule has 2 heterocycles. The first-order chi connectivity index (χ1) is 10.3. The Morgan fingerprint density at radius 3 is 2.59 bits per heavy atom. The summed E-state index contributed by atoms with van der Waals surface area (Å²) in [5, 5.41) is -0.449. The van der Waals surface area contributed by atoms with Crippen molar-refractivity contribution in [3.05, 3.63) is 27.9 Å². The fraction of sp³-hybridized carbons (Fsp3) is 0.400. The molecule has 1 aromatic rings. The van der Waals surface area contributed by atoms with Crippen LogP contribution in [0.4, 0.5) is 4.79 Å². The van der Waals surface area contributed by atoms with Crippen molar-refractivity contribution in [1.82, 2.24) is 9.47 Å². The molecule has 1 aliphatic heterocycles. The predicted molar refractivity (Wildman–Crippen MR) is 84.2 cm³/mol. The van der Waals surface area contributed by atoms with Crippen molar-refractivity contribution >= 4 is 35.0 Å². The number of esters is 1. The second-order valence-electron chi connectivity index (χ2n) is 4.96. The summed E-state index contributed by atoms with van der Waals surface area (Å²) < 4.78 is 6.78. The zero-order valence-electron chi connectivity index (χ0n) is 13.0. The highest BCUT2D eigenvalue weighted by molar-refractivity contribution is 8.18. The van der Waals surface area contributed by atoms with Gasteiger partial charge in [-0.2, -0.15) is 0 Å². The van der Waals surface area contributed by atoms with Gasteiger partial charge in [0.2, 0.25) is 0 Å². The first-order valence-electron chi connectivity index (χ1n) is 6.89. The van der Waals surface area contributed by atoms with Crippen molar-refractivity contribution in [3.63, 3.8) is 0 Å². The third kappa shape index (κ3) is 3.09. The molecule has 1 saturated heterocycles. The van der Waals surface area contributed by atoms with Gasteiger partial charge in [0.1, 0.15) is 6.54 Å². The lowest BCUT2D eigenvalue weighted by molar-refractivity contribution is -0.145. The molecule has 22 heavy (non-hydrogen) atoms. The lowest BCUT2D eigenvalue weighted by atomic mass is 10.2. The SMILES string of the molecule is CCOC(=O)CN1C(=O)S/C(=C\c2cc(C)n(C)c2C)C1=O. The van der Waals surface area contributed by atoms with Crippen molar-refractivity contribution < 1.29 is 19.1 Å². The van der Waals surface area contributed by atoms with Gasteiger partial charge in [-0.25, -0.2) is 0 Å². The summed E-state index contributed by atoms with van der Waals surface area (Å²) in [6.07, 6.45) is 1.69. The number of imide groups is 1. The molecule has 118 valence electrons. The van der Waals surface area contributed by atoms with Gasteiger partial charge < -0.3 is 9.30 Å². The van der Waals surface area contributed by atoms with Crippen LogP contribution in [-0.2, 0) is 21.4 Å². The van der Waals surface area contributed by atoms with Gasteiger partial charge in [0, 0.05) is 18.4 Å². The largest absolute Gasteiger partial charge is 0.465 e. The number of carbonyl (C=O) groups excluding carboxylic acids is 3. The first-order valence-corrected chi connectivity index (χ1v) is 7.70. The summed E-state index contributed by atoms with van der Waals surface area (Å²) in [7, 11) is 1.94. The summed E-state index contributed by atoms with van der Waals surface area (Å²) in [5.41, 5.74) is 2.96. The molecule has 6 nitrogen and oxygen atoms in total. The molecule has 0 unspecified atom stereocenters. The van der Waals surface area contributed by atoms with E-state index in [1.807, 2.05) is 31.5 Å². The highest BCUT2D eigenvalue weighted by atomic mass is 32.2. The molecule has 0 bridgehead atoms. The van der Waals surface area contributed by atoms with E-state index in [1.54, 1.807) is 13.0 Å². The lowest BCUT2D eigenvalue weighted by Crippen LogP contribution is -2.34. The molecule has 1 fully saturated rings. The smallest absolute Gasteiger partial charge is 0.326 e. The number of hydrogen-bond acceptors (Lipinski definition) is 5. The minimum atomic E-state index is -0.585. The van der Waals surface area contributed by atoms with Crippen LogP contribution in [0.3, 0.4) is 0 Å². The van der Waals surface area contributed by atoms with Crippen molar-refractivity contribution in [2.24, 2.45) is 7.05 Å². The molecule has 0 spiro atoms. The summed E-state index contributed by atoms with van der Waals surface area (Å²) in [6.45, 7) is 5.46. The molecule has 2 amide bonds. The molecule has 7 heteroatoms. The third-order valence-corrected chi connectivity index (χ3v) is 4.47. The third-order valence-electron chi connectivity index (χ3n) is 3.57. The predicted octanol–water partition coefficient (Wildman–Crippen LogP) is 2.24. The van der Waals surface area contributed by atoms with Crippen LogP contribution >= 0.6 is 11.8 Å². The molecular formula is C15H18N2O4S. The van der Waals surface area contributed by atoms with Crippen molar-refractivity contribution in [2.75, 3.05) is 13.2 Å². The van der Waals surface area contributed by atoms with Crippen molar-refractivity contribution in [3.8, 4) is 0 Å². The summed E-state index contributed by atoms with van der Waals surface area (Å²) in [5.74, 6) is -1.04. The van der Waals surface area contributed by atoms with Gasteiger partial charge in [0.15, 0.2) is 0 Å². The Kier molecular flexibility index (Phi) is 4.75. The van der Waals surface area contributed by atoms with Crippen LogP contribution in [0.25, 0.3) is 6.08 Å². The average molecular weight is 322 g/mol. The molecule has 0 atom stereocenters. The number of aryl methyl sites for hydroxylation is 1. The number of hydrogen-bond donors (Lipinski definition) is 0. The number of ether oxygens (including phenoxy) is 1. The van der Waals surface area contributed by atoms with Gasteiger partial charge in [-0.05, 0) is 50.2 Å². The topological polar surface area (TPSA) is 68.6 Å². The zero-order chi connectivity index (χ0) is 16.4. The standard InChI is InChI=1S/C15H18N2O4S/c1-5-21-13(18)8-17-14(19)12(22-15(17)20)7-11-6-9(2)16(4)10(11)3/h6-7H,5,8H2,1-4H3/b12-7-. The highest BCUT2D eigenvalue weighted by Gasteiger charge is 2.36. The monoisotopic (exact) mass is 322 g/mol. The molecule has 1 aliphatic rings. The van der Waals surface area contributed by atoms with Crippen molar-refractivity contribution in [2.45, 2.75) is 20.8 Å². The van der Waals surface area contributed by atoms with Crippen LogP contribution in [0.15, 0.2) is 11.0 Å². The van der Waals surface area contributed by atoms with Gasteiger partial charge in [-0.15, -0.1) is 0 Å². The quantitative estimate of drug-likeness (QED) is 0.628. The van der Waals surface area contributed by atoms with E-state index in [-0.39, 0.29) is 13.2 Å². The van der Waals surface area contributed by atoms with Crippen molar-refractivity contribution in [1.29, 1.82) is 0 Å². The van der Waals surface area contributed by atoms with Crippen LogP contribution in [0.5, 0.6) is 0 Å². The minimum Gasteiger partial charge on any atom is -0.465 e. The number of aromatic nitrogens is 1. The molecule has 0 saturated carbocycles. The fourth-order valence-electron chi connectivity index (χ4n) is 2.14. The van der Waals surface area contributed by atoms with E-state index in [2.05, 4.69) is 0 Å². The normalized spacial score (nSPS) is 16.7. The van der Waals surface area contributed by atoms with E-state index in [4.69, 9.17) is 4.74 Å². The van der Waals surface area contributed by atoms with Crippen LogP contribution in [0, 0.1) is 13.8 Å².